The van der Waals surface area contributed by atoms with Crippen LogP contribution in [-0.2, 0) is 27.2 Å². The standard InChI is InChI=1S/C17H19NO5S/c1-10(19)24-14(8-15(20)18-9-16(21)22)17(23)13-6-5-11-3-2-4-12(11)7-13/h5-7,14H,2-4,8-9H2,1H3,(H,18,20)(H,21,22). The lowest BCUT2D eigenvalue weighted by Gasteiger charge is -2.14. The molecule has 1 aromatic carbocycles. The first-order chi connectivity index (χ1) is 11.4. The number of benzene rings is 1. The zero-order valence-corrected chi connectivity index (χ0v) is 14.1. The maximum atomic E-state index is 12.7. The molecule has 128 valence electrons. The van der Waals surface area contributed by atoms with Crippen molar-refractivity contribution in [2.75, 3.05) is 6.54 Å². The van der Waals surface area contributed by atoms with E-state index in [0.29, 0.717) is 5.56 Å². The number of hydrogen-bond donors (Lipinski definition) is 2. The number of thioether (sulfide) groups is 1. The molecule has 0 aliphatic heterocycles. The van der Waals surface area contributed by atoms with Crippen molar-refractivity contribution >= 4 is 34.5 Å². The van der Waals surface area contributed by atoms with Gasteiger partial charge in [0, 0.05) is 18.9 Å². The normalized spacial score (nSPS) is 13.9. The van der Waals surface area contributed by atoms with Crippen LogP contribution in [0.25, 0.3) is 0 Å². The number of aryl methyl sites for hydroxylation is 2. The molecule has 1 unspecified atom stereocenters. The Morgan fingerprint density at radius 3 is 2.58 bits per heavy atom. The molecule has 0 bridgehead atoms. The van der Waals surface area contributed by atoms with Gasteiger partial charge in [0.2, 0.25) is 5.91 Å². The van der Waals surface area contributed by atoms with Gasteiger partial charge in [-0.15, -0.1) is 0 Å². The van der Waals surface area contributed by atoms with E-state index in [4.69, 9.17) is 5.11 Å². The molecule has 0 radical (unpaired) electrons. The van der Waals surface area contributed by atoms with Crippen molar-refractivity contribution in [3.05, 3.63) is 34.9 Å². The van der Waals surface area contributed by atoms with Crippen molar-refractivity contribution in [2.45, 2.75) is 37.9 Å². The second-order valence-electron chi connectivity index (χ2n) is 5.67. The van der Waals surface area contributed by atoms with E-state index in [1.165, 1.54) is 12.5 Å². The smallest absolute Gasteiger partial charge is 0.322 e. The van der Waals surface area contributed by atoms with E-state index in [1.54, 1.807) is 6.07 Å². The van der Waals surface area contributed by atoms with Crippen LogP contribution in [0.2, 0.25) is 0 Å². The number of rotatable bonds is 7. The molecular formula is C17H19NO5S. The van der Waals surface area contributed by atoms with Crippen molar-refractivity contribution in [1.82, 2.24) is 5.32 Å². The summed E-state index contributed by atoms with van der Waals surface area (Å²) in [5.74, 6) is -2.01. The van der Waals surface area contributed by atoms with E-state index >= 15 is 0 Å². The van der Waals surface area contributed by atoms with Crippen LogP contribution in [0.15, 0.2) is 18.2 Å². The molecule has 1 aromatic rings. The van der Waals surface area contributed by atoms with Crippen LogP contribution >= 0.6 is 11.8 Å². The molecule has 0 saturated carbocycles. The zero-order chi connectivity index (χ0) is 17.7. The van der Waals surface area contributed by atoms with E-state index in [-0.39, 0.29) is 17.3 Å². The Morgan fingerprint density at radius 1 is 1.21 bits per heavy atom. The second kappa shape index (κ2) is 8.10. The lowest BCUT2D eigenvalue weighted by atomic mass is 10.0. The molecule has 7 heteroatoms. The molecule has 1 amide bonds. The second-order valence-corrected chi connectivity index (χ2v) is 7.05. The van der Waals surface area contributed by atoms with Gasteiger partial charge in [-0.3, -0.25) is 19.2 Å². The quantitative estimate of drug-likeness (QED) is 0.725. The monoisotopic (exact) mass is 349 g/mol. The van der Waals surface area contributed by atoms with Gasteiger partial charge in [0.15, 0.2) is 10.9 Å². The van der Waals surface area contributed by atoms with E-state index < -0.39 is 23.7 Å². The Hall–Kier alpha value is -2.15. The van der Waals surface area contributed by atoms with Gasteiger partial charge in [0.1, 0.15) is 6.54 Å². The number of nitrogens with one attached hydrogen (secondary N) is 1. The predicted molar refractivity (Wildman–Crippen MR) is 90.1 cm³/mol. The first kappa shape index (κ1) is 18.2. The number of carboxylic acid groups (broad SMARTS) is 1. The van der Waals surface area contributed by atoms with Crippen LogP contribution in [0, 0.1) is 0 Å². The fraction of sp³-hybridized carbons (Fsp3) is 0.412. The van der Waals surface area contributed by atoms with Gasteiger partial charge in [-0.05, 0) is 36.5 Å². The van der Waals surface area contributed by atoms with Gasteiger partial charge in [-0.1, -0.05) is 23.9 Å². The van der Waals surface area contributed by atoms with Gasteiger partial charge in [-0.2, -0.15) is 0 Å². The Morgan fingerprint density at radius 2 is 1.92 bits per heavy atom. The number of fused-ring (bicyclic) bond motifs is 1. The summed E-state index contributed by atoms with van der Waals surface area (Å²) in [5, 5.41) is 9.68. The molecule has 2 N–H and O–H groups in total. The molecule has 6 nitrogen and oxygen atoms in total. The summed E-state index contributed by atoms with van der Waals surface area (Å²) in [6.45, 7) is 0.826. The molecule has 1 aliphatic rings. The fourth-order valence-electron chi connectivity index (χ4n) is 2.71. The van der Waals surface area contributed by atoms with Crippen LogP contribution < -0.4 is 5.32 Å². The van der Waals surface area contributed by atoms with Crippen molar-refractivity contribution in [1.29, 1.82) is 0 Å². The summed E-state index contributed by atoms with van der Waals surface area (Å²) in [6, 6.07) is 5.50. The third-order valence-electron chi connectivity index (χ3n) is 3.79. The van der Waals surface area contributed by atoms with Gasteiger partial charge < -0.3 is 10.4 Å². The first-order valence-corrected chi connectivity index (χ1v) is 8.56. The number of Topliss-reactive ketones (excluding diaryl/α,β-unsaturated/α-hetero) is 1. The number of carboxylic acids is 1. The maximum Gasteiger partial charge on any atom is 0.322 e. The van der Waals surface area contributed by atoms with Gasteiger partial charge in [0.05, 0.1) is 5.25 Å². The Kier molecular flexibility index (Phi) is 6.14. The fourth-order valence-corrected chi connectivity index (χ4v) is 3.59. The third kappa shape index (κ3) is 4.92. The van der Waals surface area contributed by atoms with Crippen LogP contribution in [0.4, 0.5) is 0 Å². The summed E-state index contributed by atoms with van der Waals surface area (Å²) < 4.78 is 0. The molecule has 1 atom stereocenters. The number of hydrogen-bond acceptors (Lipinski definition) is 5. The van der Waals surface area contributed by atoms with Crippen molar-refractivity contribution < 1.29 is 24.3 Å². The van der Waals surface area contributed by atoms with Gasteiger partial charge in [-0.25, -0.2) is 0 Å². The molecule has 2 rings (SSSR count). The predicted octanol–water partition coefficient (Wildman–Crippen LogP) is 1.60. The molecule has 0 heterocycles. The molecule has 1 aliphatic carbocycles. The summed E-state index contributed by atoms with van der Waals surface area (Å²) in [6.07, 6.45) is 2.77. The highest BCUT2D eigenvalue weighted by Crippen LogP contribution is 2.26. The van der Waals surface area contributed by atoms with Crippen LogP contribution in [0.1, 0.15) is 41.3 Å². The SMILES string of the molecule is CC(=O)SC(CC(=O)NCC(=O)O)C(=O)c1ccc2c(c1)CCC2. The molecule has 0 saturated heterocycles. The minimum atomic E-state index is -1.16. The van der Waals surface area contributed by atoms with Gasteiger partial charge in [0.25, 0.3) is 0 Å². The van der Waals surface area contributed by atoms with Gasteiger partial charge >= 0.3 is 5.97 Å². The van der Waals surface area contributed by atoms with Crippen molar-refractivity contribution in [3.63, 3.8) is 0 Å². The van der Waals surface area contributed by atoms with Crippen LogP contribution in [0.3, 0.4) is 0 Å². The third-order valence-corrected chi connectivity index (χ3v) is 4.79. The summed E-state index contributed by atoms with van der Waals surface area (Å²) >= 11 is 0.802. The molecular weight excluding hydrogens is 330 g/mol. The lowest BCUT2D eigenvalue weighted by molar-refractivity contribution is -0.137. The summed E-state index contributed by atoms with van der Waals surface area (Å²) in [7, 11) is 0. The largest absolute Gasteiger partial charge is 0.480 e. The number of amides is 1. The van der Waals surface area contributed by atoms with E-state index in [1.807, 2.05) is 12.1 Å². The van der Waals surface area contributed by atoms with Crippen molar-refractivity contribution in [3.8, 4) is 0 Å². The Bertz CT molecular complexity index is 686. The van der Waals surface area contributed by atoms with E-state index in [0.717, 1.165) is 36.6 Å². The lowest BCUT2D eigenvalue weighted by Crippen LogP contribution is -2.33. The highest BCUT2D eigenvalue weighted by atomic mass is 32.2. The Balaban J connectivity index is 2.11. The number of aliphatic carboxylic acids is 1. The van der Waals surface area contributed by atoms with Crippen LogP contribution in [0.5, 0.6) is 0 Å². The maximum absolute atomic E-state index is 12.7. The topological polar surface area (TPSA) is 101 Å². The average molecular weight is 349 g/mol. The molecule has 0 spiro atoms. The first-order valence-electron chi connectivity index (χ1n) is 7.68. The minimum absolute atomic E-state index is 0.229. The molecule has 24 heavy (non-hydrogen) atoms. The minimum Gasteiger partial charge on any atom is -0.480 e. The summed E-state index contributed by atoms with van der Waals surface area (Å²) in [4.78, 5) is 46.4. The number of carbonyl (C=O) groups excluding carboxylic acids is 3. The van der Waals surface area contributed by atoms with E-state index in [2.05, 4.69) is 5.32 Å². The highest BCUT2D eigenvalue weighted by Gasteiger charge is 2.26. The van der Waals surface area contributed by atoms with Crippen molar-refractivity contribution in [2.24, 2.45) is 0 Å². The van der Waals surface area contributed by atoms with Crippen LogP contribution in [-0.4, -0.2) is 39.7 Å². The molecule has 0 fully saturated rings. The van der Waals surface area contributed by atoms with E-state index in [9.17, 15) is 19.2 Å². The Labute approximate surface area is 144 Å². The zero-order valence-electron chi connectivity index (χ0n) is 13.3. The molecule has 0 aromatic heterocycles. The average Bonchev–Trinajstić information content (AvgIpc) is 2.98. The summed E-state index contributed by atoms with van der Waals surface area (Å²) in [5.41, 5.74) is 2.87. The number of carbonyl (C=O) groups is 4. The highest BCUT2D eigenvalue weighted by molar-refractivity contribution is 8.14. The number of ketones is 1.